The molecule has 0 bridgehead atoms. The minimum atomic E-state index is -0.999. The van der Waals surface area contributed by atoms with Crippen LogP contribution in [0.2, 0.25) is 0 Å². The smallest absolute Gasteiger partial charge is 0.305 e. The molecule has 96 valence electrons. The van der Waals surface area contributed by atoms with Crippen LogP contribution in [0.3, 0.4) is 0 Å². The summed E-state index contributed by atoms with van der Waals surface area (Å²) in [6.07, 6.45) is 4.12. The van der Waals surface area contributed by atoms with E-state index >= 15 is 0 Å². The van der Waals surface area contributed by atoms with Crippen molar-refractivity contribution in [2.45, 2.75) is 0 Å². The van der Waals surface area contributed by atoms with E-state index in [9.17, 15) is 19.3 Å². The van der Waals surface area contributed by atoms with E-state index in [1.807, 2.05) is 0 Å². The van der Waals surface area contributed by atoms with Crippen LogP contribution in [0.5, 0.6) is 0 Å². The van der Waals surface area contributed by atoms with Crippen molar-refractivity contribution in [3.05, 3.63) is 58.3 Å². The van der Waals surface area contributed by atoms with Gasteiger partial charge >= 0.3 is 5.69 Å². The van der Waals surface area contributed by atoms with Crippen molar-refractivity contribution in [3.8, 4) is 0 Å². The molecule has 0 unspecified atom stereocenters. The zero-order chi connectivity index (χ0) is 13.8. The first-order valence-electron chi connectivity index (χ1n) is 5.09. The molecule has 0 atom stereocenters. The van der Waals surface area contributed by atoms with Gasteiger partial charge in [0.05, 0.1) is 11.1 Å². The van der Waals surface area contributed by atoms with E-state index in [1.165, 1.54) is 18.6 Å². The first-order valence-corrected chi connectivity index (χ1v) is 5.09. The molecule has 1 N–H and O–H groups in total. The largest absolute Gasteiger partial charge is 0.305 e. The molecule has 1 aromatic carbocycles. The van der Waals surface area contributed by atoms with Gasteiger partial charge in [-0.05, 0) is 12.1 Å². The van der Waals surface area contributed by atoms with Gasteiger partial charge in [-0.2, -0.15) is 4.39 Å². The van der Waals surface area contributed by atoms with Gasteiger partial charge in [0.25, 0.3) is 5.91 Å². The number of rotatable bonds is 3. The predicted molar refractivity (Wildman–Crippen MR) is 63.0 cm³/mol. The van der Waals surface area contributed by atoms with Crippen LogP contribution in [0, 0.1) is 15.9 Å². The van der Waals surface area contributed by atoms with Crippen molar-refractivity contribution in [1.82, 2.24) is 9.97 Å². The molecule has 0 aliphatic heterocycles. The summed E-state index contributed by atoms with van der Waals surface area (Å²) in [7, 11) is 0. The fourth-order valence-corrected chi connectivity index (χ4v) is 1.35. The van der Waals surface area contributed by atoms with Crippen LogP contribution in [0.25, 0.3) is 0 Å². The minimum Gasteiger partial charge on any atom is -0.305 e. The number of benzene rings is 1. The monoisotopic (exact) mass is 262 g/mol. The molecule has 0 spiro atoms. The van der Waals surface area contributed by atoms with Gasteiger partial charge in [-0.15, -0.1) is 0 Å². The normalized spacial score (nSPS) is 9.95. The van der Waals surface area contributed by atoms with E-state index in [0.717, 1.165) is 18.2 Å². The molecule has 1 amide bonds. The third kappa shape index (κ3) is 2.86. The second kappa shape index (κ2) is 5.17. The highest BCUT2D eigenvalue weighted by molar-refractivity contribution is 6.04. The molecule has 1 heterocycles. The fourth-order valence-electron chi connectivity index (χ4n) is 1.35. The minimum absolute atomic E-state index is 0.0428. The summed E-state index contributed by atoms with van der Waals surface area (Å²) in [4.78, 5) is 29.0. The third-order valence-electron chi connectivity index (χ3n) is 2.21. The Bertz CT molecular complexity index is 633. The molecule has 0 saturated heterocycles. The summed E-state index contributed by atoms with van der Waals surface area (Å²) >= 11 is 0. The van der Waals surface area contributed by atoms with Crippen molar-refractivity contribution in [1.29, 1.82) is 0 Å². The summed E-state index contributed by atoms with van der Waals surface area (Å²) in [5, 5.41) is 13.0. The Kier molecular flexibility index (Phi) is 3.42. The Balaban J connectivity index is 2.25. The van der Waals surface area contributed by atoms with Gasteiger partial charge in [0.2, 0.25) is 5.82 Å². The molecule has 0 radical (unpaired) electrons. The Morgan fingerprint density at radius 2 is 2.16 bits per heavy atom. The van der Waals surface area contributed by atoms with Crippen LogP contribution in [-0.2, 0) is 0 Å². The molecule has 0 aliphatic rings. The third-order valence-corrected chi connectivity index (χ3v) is 2.21. The fraction of sp³-hybridized carbons (Fsp3) is 0. The first-order chi connectivity index (χ1) is 9.08. The van der Waals surface area contributed by atoms with Crippen molar-refractivity contribution < 1.29 is 14.1 Å². The van der Waals surface area contributed by atoms with E-state index < -0.39 is 22.3 Å². The van der Waals surface area contributed by atoms with Gasteiger partial charge in [-0.1, -0.05) is 0 Å². The maximum atomic E-state index is 13.1. The Morgan fingerprint density at radius 3 is 2.79 bits per heavy atom. The molecule has 0 aliphatic carbocycles. The number of anilines is 1. The Morgan fingerprint density at radius 1 is 1.37 bits per heavy atom. The van der Waals surface area contributed by atoms with Crippen molar-refractivity contribution in [2.24, 2.45) is 0 Å². The number of aromatic nitrogens is 2. The summed E-state index contributed by atoms with van der Waals surface area (Å²) < 4.78 is 13.1. The standard InChI is InChI=1S/C11H7FN4O3/c12-8-2-1-7(5-9(8)16(18)19)11(17)15-10-6-13-3-4-14-10/h1-6H,(H,14,15,17). The molecule has 0 fully saturated rings. The number of amides is 1. The van der Waals surface area contributed by atoms with E-state index in [-0.39, 0.29) is 11.4 Å². The van der Waals surface area contributed by atoms with Crippen LogP contribution >= 0.6 is 0 Å². The highest BCUT2D eigenvalue weighted by Gasteiger charge is 2.17. The second-order valence-electron chi connectivity index (χ2n) is 3.47. The average molecular weight is 262 g/mol. The number of carbonyl (C=O) groups is 1. The molecular formula is C11H7FN4O3. The topological polar surface area (TPSA) is 98.0 Å². The van der Waals surface area contributed by atoms with Crippen molar-refractivity contribution in [2.75, 3.05) is 5.32 Å². The van der Waals surface area contributed by atoms with E-state index in [4.69, 9.17) is 0 Å². The van der Waals surface area contributed by atoms with Crippen molar-refractivity contribution >= 4 is 17.4 Å². The Labute approximate surface area is 106 Å². The van der Waals surface area contributed by atoms with Crippen LogP contribution in [0.4, 0.5) is 15.9 Å². The van der Waals surface area contributed by atoms with Crippen LogP contribution in [0.1, 0.15) is 10.4 Å². The summed E-state index contributed by atoms with van der Waals surface area (Å²) in [6, 6.07) is 2.87. The predicted octanol–water partition coefficient (Wildman–Crippen LogP) is 1.78. The first kappa shape index (κ1) is 12.6. The SMILES string of the molecule is O=C(Nc1cnccn1)c1ccc(F)c([N+](=O)[O-])c1. The highest BCUT2D eigenvalue weighted by Crippen LogP contribution is 2.19. The van der Waals surface area contributed by atoms with E-state index in [2.05, 4.69) is 15.3 Å². The number of nitro groups is 1. The maximum absolute atomic E-state index is 13.1. The van der Waals surface area contributed by atoms with Gasteiger partial charge in [0.1, 0.15) is 0 Å². The van der Waals surface area contributed by atoms with Crippen LogP contribution < -0.4 is 5.32 Å². The molecule has 19 heavy (non-hydrogen) atoms. The van der Waals surface area contributed by atoms with Gasteiger partial charge in [-0.3, -0.25) is 19.9 Å². The molecule has 2 rings (SSSR count). The van der Waals surface area contributed by atoms with E-state index in [1.54, 1.807) is 0 Å². The summed E-state index contributed by atoms with van der Waals surface area (Å²) in [5.41, 5.74) is -0.800. The molecule has 7 nitrogen and oxygen atoms in total. The lowest BCUT2D eigenvalue weighted by atomic mass is 10.2. The Hall–Kier alpha value is -2.90. The van der Waals surface area contributed by atoms with Gasteiger partial charge < -0.3 is 5.32 Å². The molecule has 8 heteroatoms. The van der Waals surface area contributed by atoms with Gasteiger partial charge in [-0.25, -0.2) is 4.98 Å². The highest BCUT2D eigenvalue weighted by atomic mass is 19.1. The molecule has 0 saturated carbocycles. The number of nitrogens with zero attached hydrogens (tertiary/aromatic N) is 3. The molecule has 1 aromatic heterocycles. The lowest BCUT2D eigenvalue weighted by molar-refractivity contribution is -0.387. The number of hydrogen-bond donors (Lipinski definition) is 1. The van der Waals surface area contributed by atoms with Gasteiger partial charge in [0, 0.05) is 24.0 Å². The zero-order valence-electron chi connectivity index (χ0n) is 9.41. The van der Waals surface area contributed by atoms with Crippen LogP contribution in [0.15, 0.2) is 36.8 Å². The number of halogens is 1. The molecular weight excluding hydrogens is 255 g/mol. The lowest BCUT2D eigenvalue weighted by Gasteiger charge is -2.03. The van der Waals surface area contributed by atoms with E-state index in [0.29, 0.717) is 0 Å². The van der Waals surface area contributed by atoms with Crippen LogP contribution in [-0.4, -0.2) is 20.8 Å². The zero-order valence-corrected chi connectivity index (χ0v) is 9.41. The lowest BCUT2D eigenvalue weighted by Crippen LogP contribution is -2.13. The number of carbonyl (C=O) groups excluding carboxylic acids is 1. The number of nitro benzene ring substituents is 1. The molecule has 2 aromatic rings. The summed E-state index contributed by atoms with van der Waals surface area (Å²) in [5.74, 6) is -1.44. The number of hydrogen-bond acceptors (Lipinski definition) is 5. The van der Waals surface area contributed by atoms with Gasteiger partial charge in [0.15, 0.2) is 5.82 Å². The second-order valence-corrected chi connectivity index (χ2v) is 3.47. The average Bonchev–Trinajstić information content (AvgIpc) is 2.40. The van der Waals surface area contributed by atoms with Crippen molar-refractivity contribution in [3.63, 3.8) is 0 Å². The summed E-state index contributed by atoms with van der Waals surface area (Å²) in [6.45, 7) is 0. The number of nitrogens with one attached hydrogen (secondary N) is 1. The maximum Gasteiger partial charge on any atom is 0.305 e. The quantitative estimate of drug-likeness (QED) is 0.671.